The summed E-state index contributed by atoms with van der Waals surface area (Å²) in [7, 11) is 0. The summed E-state index contributed by atoms with van der Waals surface area (Å²) in [5.41, 5.74) is 1.22. The molecule has 2 heterocycles. The second kappa shape index (κ2) is 4.71. The van der Waals surface area contributed by atoms with Crippen LogP contribution < -0.4 is 0 Å². The first kappa shape index (κ1) is 10.6. The molecule has 1 fully saturated rings. The number of hydrogen-bond acceptors (Lipinski definition) is 3. The average Bonchev–Trinajstić information content (AvgIpc) is 2.71. The van der Waals surface area contributed by atoms with Crippen molar-refractivity contribution in [2.45, 2.75) is 39.2 Å². The van der Waals surface area contributed by atoms with Crippen LogP contribution in [-0.4, -0.2) is 28.0 Å². The zero-order valence-corrected chi connectivity index (χ0v) is 9.61. The van der Waals surface area contributed by atoms with E-state index < -0.39 is 0 Å². The van der Waals surface area contributed by atoms with Crippen molar-refractivity contribution in [3.63, 3.8) is 0 Å². The van der Waals surface area contributed by atoms with Crippen molar-refractivity contribution in [1.29, 1.82) is 0 Å². The lowest BCUT2D eigenvalue weighted by atomic mass is 10.1. The molecule has 1 aliphatic rings. The van der Waals surface area contributed by atoms with Crippen molar-refractivity contribution in [3.8, 4) is 0 Å². The highest BCUT2D eigenvalue weighted by molar-refractivity contribution is 5.09. The van der Waals surface area contributed by atoms with Crippen molar-refractivity contribution in [2.75, 3.05) is 13.1 Å². The molecule has 3 heteroatoms. The van der Waals surface area contributed by atoms with Gasteiger partial charge in [0.25, 0.3) is 0 Å². The van der Waals surface area contributed by atoms with Crippen molar-refractivity contribution >= 4 is 0 Å². The zero-order valence-electron chi connectivity index (χ0n) is 9.61. The van der Waals surface area contributed by atoms with Crippen LogP contribution in [0.15, 0.2) is 12.4 Å². The molecule has 1 aromatic heterocycles. The molecule has 0 unspecified atom stereocenters. The Morgan fingerprint density at radius 2 is 1.80 bits per heavy atom. The molecule has 0 saturated carbocycles. The van der Waals surface area contributed by atoms with E-state index >= 15 is 0 Å². The molecule has 15 heavy (non-hydrogen) atoms. The van der Waals surface area contributed by atoms with E-state index in [0.717, 1.165) is 12.4 Å². The highest BCUT2D eigenvalue weighted by Gasteiger charge is 2.12. The van der Waals surface area contributed by atoms with Crippen LogP contribution in [0.3, 0.4) is 0 Å². The largest absolute Gasteiger partial charge is 0.296 e. The summed E-state index contributed by atoms with van der Waals surface area (Å²) >= 11 is 0. The molecule has 0 spiro atoms. The molecule has 3 nitrogen and oxygen atoms in total. The van der Waals surface area contributed by atoms with Crippen LogP contribution in [0.25, 0.3) is 0 Å². The summed E-state index contributed by atoms with van der Waals surface area (Å²) in [5, 5.41) is 0. The van der Waals surface area contributed by atoms with Gasteiger partial charge in [0, 0.05) is 12.4 Å². The van der Waals surface area contributed by atoms with Gasteiger partial charge in [-0.2, -0.15) is 0 Å². The summed E-state index contributed by atoms with van der Waals surface area (Å²) in [5.74, 6) is 1.48. The Labute approximate surface area is 91.5 Å². The number of aromatic nitrogens is 2. The van der Waals surface area contributed by atoms with E-state index in [-0.39, 0.29) is 0 Å². The Morgan fingerprint density at radius 3 is 2.33 bits per heavy atom. The van der Waals surface area contributed by atoms with Crippen molar-refractivity contribution in [3.05, 3.63) is 23.8 Å². The van der Waals surface area contributed by atoms with Gasteiger partial charge in [0.1, 0.15) is 5.82 Å². The summed E-state index contributed by atoms with van der Waals surface area (Å²) < 4.78 is 0. The molecule has 0 atom stereocenters. The number of rotatable bonds is 3. The van der Waals surface area contributed by atoms with Gasteiger partial charge in [-0.05, 0) is 37.4 Å². The van der Waals surface area contributed by atoms with Gasteiger partial charge in [-0.1, -0.05) is 13.8 Å². The third-order valence-electron chi connectivity index (χ3n) is 2.96. The highest BCUT2D eigenvalue weighted by atomic mass is 15.2. The Kier molecular flexibility index (Phi) is 3.31. The van der Waals surface area contributed by atoms with Crippen molar-refractivity contribution < 1.29 is 0 Å². The van der Waals surface area contributed by atoms with E-state index in [1.807, 2.05) is 12.4 Å². The van der Waals surface area contributed by atoms with E-state index in [9.17, 15) is 0 Å². The normalized spacial score (nSPS) is 17.5. The fraction of sp³-hybridized carbons (Fsp3) is 0.667. The molecule has 0 aromatic carbocycles. The Bertz CT molecular complexity index is 299. The summed E-state index contributed by atoms with van der Waals surface area (Å²) in [4.78, 5) is 11.2. The van der Waals surface area contributed by atoms with Crippen LogP contribution in [-0.2, 0) is 6.54 Å². The van der Waals surface area contributed by atoms with Gasteiger partial charge >= 0.3 is 0 Å². The standard InChI is InChI=1S/C12H19N3/c1-10(2)11-7-13-12(14-8-11)9-15-5-3-4-6-15/h7-8,10H,3-6,9H2,1-2H3. The summed E-state index contributed by atoms with van der Waals surface area (Å²) in [6.45, 7) is 7.65. The first-order valence-corrected chi connectivity index (χ1v) is 5.79. The lowest BCUT2D eigenvalue weighted by Crippen LogP contribution is -2.20. The fourth-order valence-electron chi connectivity index (χ4n) is 1.89. The SMILES string of the molecule is CC(C)c1cnc(CN2CCCC2)nc1. The Morgan fingerprint density at radius 1 is 1.20 bits per heavy atom. The minimum atomic E-state index is 0.519. The summed E-state index contributed by atoms with van der Waals surface area (Å²) in [6.07, 6.45) is 6.57. The quantitative estimate of drug-likeness (QED) is 0.757. The third kappa shape index (κ3) is 2.75. The van der Waals surface area contributed by atoms with Gasteiger partial charge in [-0.25, -0.2) is 9.97 Å². The maximum absolute atomic E-state index is 4.41. The number of likely N-dealkylation sites (tertiary alicyclic amines) is 1. The van der Waals surface area contributed by atoms with Gasteiger partial charge in [-0.3, -0.25) is 4.90 Å². The predicted molar refractivity (Wildman–Crippen MR) is 60.6 cm³/mol. The van der Waals surface area contributed by atoms with Crippen molar-refractivity contribution in [1.82, 2.24) is 14.9 Å². The third-order valence-corrected chi connectivity index (χ3v) is 2.96. The van der Waals surface area contributed by atoms with Gasteiger partial charge in [0.2, 0.25) is 0 Å². The number of nitrogens with zero attached hydrogens (tertiary/aromatic N) is 3. The van der Waals surface area contributed by atoms with E-state index in [2.05, 4.69) is 28.7 Å². The maximum Gasteiger partial charge on any atom is 0.142 e. The first-order valence-electron chi connectivity index (χ1n) is 5.79. The van der Waals surface area contributed by atoms with Crippen molar-refractivity contribution in [2.24, 2.45) is 0 Å². The number of hydrogen-bond donors (Lipinski definition) is 0. The lowest BCUT2D eigenvalue weighted by Gasteiger charge is -2.13. The molecule has 0 bridgehead atoms. The average molecular weight is 205 g/mol. The van der Waals surface area contributed by atoms with Crippen LogP contribution in [0.4, 0.5) is 0 Å². The molecule has 0 N–H and O–H groups in total. The molecular formula is C12H19N3. The van der Waals surface area contributed by atoms with Crippen LogP contribution in [0.5, 0.6) is 0 Å². The minimum Gasteiger partial charge on any atom is -0.296 e. The molecule has 1 aromatic rings. The monoisotopic (exact) mass is 205 g/mol. The molecule has 0 radical (unpaired) electrons. The van der Waals surface area contributed by atoms with Crippen LogP contribution in [0.2, 0.25) is 0 Å². The molecule has 1 saturated heterocycles. The van der Waals surface area contributed by atoms with Gasteiger partial charge < -0.3 is 0 Å². The van der Waals surface area contributed by atoms with E-state index in [0.29, 0.717) is 5.92 Å². The summed E-state index contributed by atoms with van der Waals surface area (Å²) in [6, 6.07) is 0. The predicted octanol–water partition coefficient (Wildman–Crippen LogP) is 2.20. The minimum absolute atomic E-state index is 0.519. The molecule has 1 aliphatic heterocycles. The Balaban J connectivity index is 1.97. The van der Waals surface area contributed by atoms with Gasteiger partial charge in [0.05, 0.1) is 6.54 Å². The van der Waals surface area contributed by atoms with Crippen LogP contribution in [0, 0.1) is 0 Å². The second-order valence-corrected chi connectivity index (χ2v) is 4.57. The molecule has 0 aliphatic carbocycles. The zero-order chi connectivity index (χ0) is 10.7. The smallest absolute Gasteiger partial charge is 0.142 e. The van der Waals surface area contributed by atoms with E-state index in [4.69, 9.17) is 0 Å². The molecule has 82 valence electrons. The van der Waals surface area contributed by atoms with Crippen LogP contribution >= 0.6 is 0 Å². The molecule has 0 amide bonds. The van der Waals surface area contributed by atoms with Gasteiger partial charge in [-0.15, -0.1) is 0 Å². The topological polar surface area (TPSA) is 29.0 Å². The first-order chi connectivity index (χ1) is 7.25. The van der Waals surface area contributed by atoms with E-state index in [1.54, 1.807) is 0 Å². The molecule has 2 rings (SSSR count). The maximum atomic E-state index is 4.41. The second-order valence-electron chi connectivity index (χ2n) is 4.57. The Hall–Kier alpha value is -0.960. The highest BCUT2D eigenvalue weighted by Crippen LogP contribution is 2.13. The van der Waals surface area contributed by atoms with Crippen LogP contribution in [0.1, 0.15) is 44.0 Å². The molecular weight excluding hydrogens is 186 g/mol. The fourth-order valence-corrected chi connectivity index (χ4v) is 1.89. The van der Waals surface area contributed by atoms with E-state index in [1.165, 1.54) is 31.5 Å². The van der Waals surface area contributed by atoms with Gasteiger partial charge in [0.15, 0.2) is 0 Å². The lowest BCUT2D eigenvalue weighted by molar-refractivity contribution is 0.322.